The molecular formula is C22H30N2O4S. The molecule has 1 amide bonds. The molecule has 0 fully saturated rings. The highest BCUT2D eigenvalue weighted by atomic mass is 32.2. The van der Waals surface area contributed by atoms with Crippen molar-refractivity contribution in [1.29, 1.82) is 0 Å². The molecule has 0 spiro atoms. The van der Waals surface area contributed by atoms with Crippen LogP contribution >= 0.6 is 0 Å². The molecule has 0 heterocycles. The predicted molar refractivity (Wildman–Crippen MR) is 115 cm³/mol. The summed E-state index contributed by atoms with van der Waals surface area (Å²) in [6, 6.07) is 15.1. The maximum atomic E-state index is 12.0. The normalized spacial score (nSPS) is 11.9. The van der Waals surface area contributed by atoms with Crippen LogP contribution in [-0.2, 0) is 32.5 Å². The van der Waals surface area contributed by atoms with Crippen LogP contribution in [0.2, 0.25) is 0 Å². The zero-order chi connectivity index (χ0) is 21.5. The highest BCUT2D eigenvalue weighted by Gasteiger charge is 2.13. The molecule has 0 atom stereocenters. The van der Waals surface area contributed by atoms with Gasteiger partial charge in [-0.3, -0.25) is 4.79 Å². The van der Waals surface area contributed by atoms with Crippen LogP contribution in [0.15, 0.2) is 48.5 Å². The highest BCUT2D eigenvalue weighted by Crippen LogP contribution is 2.24. The lowest BCUT2D eigenvalue weighted by molar-refractivity contribution is -0.121. The molecule has 29 heavy (non-hydrogen) atoms. The molecule has 0 aliphatic carbocycles. The first kappa shape index (κ1) is 22.9. The Hall–Kier alpha value is -2.38. The molecule has 0 unspecified atom stereocenters. The topological polar surface area (TPSA) is 84.5 Å². The molecule has 0 saturated heterocycles. The van der Waals surface area contributed by atoms with Gasteiger partial charge in [-0.25, -0.2) is 13.1 Å². The summed E-state index contributed by atoms with van der Waals surface area (Å²) in [5.41, 5.74) is 2.93. The van der Waals surface area contributed by atoms with Gasteiger partial charge in [0.05, 0.1) is 18.8 Å². The van der Waals surface area contributed by atoms with Crippen molar-refractivity contribution in [3.8, 4) is 5.75 Å². The van der Waals surface area contributed by atoms with Gasteiger partial charge in [-0.2, -0.15) is 0 Å². The van der Waals surface area contributed by atoms with E-state index in [2.05, 4.69) is 30.8 Å². The van der Waals surface area contributed by atoms with E-state index in [1.807, 2.05) is 36.4 Å². The number of rotatable bonds is 9. The van der Waals surface area contributed by atoms with Gasteiger partial charge >= 0.3 is 0 Å². The van der Waals surface area contributed by atoms with Gasteiger partial charge in [0.15, 0.2) is 0 Å². The van der Waals surface area contributed by atoms with Crippen molar-refractivity contribution in [3.05, 3.63) is 65.2 Å². The lowest BCUT2D eigenvalue weighted by atomic mass is 9.87. The van der Waals surface area contributed by atoms with E-state index in [9.17, 15) is 13.2 Å². The molecule has 0 aliphatic heterocycles. The zero-order valence-corrected chi connectivity index (χ0v) is 18.3. The minimum Gasteiger partial charge on any atom is -0.493 e. The molecule has 2 aromatic carbocycles. The van der Waals surface area contributed by atoms with Crippen molar-refractivity contribution in [1.82, 2.24) is 10.0 Å². The number of carbonyl (C=O) groups excluding carboxylic acids is 1. The summed E-state index contributed by atoms with van der Waals surface area (Å²) in [4.78, 5) is 12.0. The van der Waals surface area contributed by atoms with Crippen LogP contribution in [0.4, 0.5) is 0 Å². The summed E-state index contributed by atoms with van der Waals surface area (Å²) in [7, 11) is -1.90. The Bertz CT molecular complexity index is 899. The lowest BCUT2D eigenvalue weighted by Crippen LogP contribution is -2.24. The van der Waals surface area contributed by atoms with Crippen LogP contribution in [0.5, 0.6) is 5.75 Å². The van der Waals surface area contributed by atoms with Crippen molar-refractivity contribution in [2.45, 2.75) is 44.9 Å². The number of hydrogen-bond donors (Lipinski definition) is 2. The van der Waals surface area contributed by atoms with Crippen molar-refractivity contribution in [2.75, 3.05) is 13.7 Å². The van der Waals surface area contributed by atoms with Crippen molar-refractivity contribution < 1.29 is 17.9 Å². The fourth-order valence-electron chi connectivity index (χ4n) is 2.65. The first-order valence-corrected chi connectivity index (χ1v) is 11.2. The Labute approximate surface area is 173 Å². The number of hydrogen-bond acceptors (Lipinski definition) is 4. The second kappa shape index (κ2) is 9.89. The third kappa shape index (κ3) is 7.87. The molecule has 2 N–H and O–H groups in total. The molecule has 158 valence electrons. The molecule has 0 aliphatic rings. The van der Waals surface area contributed by atoms with Gasteiger partial charge in [0.1, 0.15) is 5.75 Å². The molecule has 0 aromatic heterocycles. The largest absolute Gasteiger partial charge is 0.493 e. The number of benzene rings is 2. The molecule has 7 heteroatoms. The van der Waals surface area contributed by atoms with E-state index in [-0.39, 0.29) is 23.5 Å². The van der Waals surface area contributed by atoms with Gasteiger partial charge in [-0.05, 0) is 41.3 Å². The Morgan fingerprint density at radius 2 is 1.55 bits per heavy atom. The van der Waals surface area contributed by atoms with Crippen LogP contribution in [0.3, 0.4) is 0 Å². The van der Waals surface area contributed by atoms with E-state index in [1.54, 1.807) is 12.1 Å². The quantitative estimate of drug-likeness (QED) is 0.655. The molecule has 2 rings (SSSR count). The van der Waals surface area contributed by atoms with Crippen molar-refractivity contribution >= 4 is 15.9 Å². The minimum atomic E-state index is -3.29. The zero-order valence-electron chi connectivity index (χ0n) is 17.5. The van der Waals surface area contributed by atoms with Gasteiger partial charge < -0.3 is 10.1 Å². The average Bonchev–Trinajstić information content (AvgIpc) is 2.67. The van der Waals surface area contributed by atoms with Gasteiger partial charge in [-0.1, -0.05) is 57.2 Å². The Morgan fingerprint density at radius 3 is 2.10 bits per heavy atom. The monoisotopic (exact) mass is 418 g/mol. The first-order valence-electron chi connectivity index (χ1n) is 9.58. The van der Waals surface area contributed by atoms with Gasteiger partial charge in [0, 0.05) is 6.54 Å². The Kier molecular flexibility index (Phi) is 7.81. The van der Waals surface area contributed by atoms with Crippen molar-refractivity contribution in [2.24, 2.45) is 0 Å². The van der Waals surface area contributed by atoms with Crippen LogP contribution in [0.1, 0.15) is 43.9 Å². The third-order valence-electron chi connectivity index (χ3n) is 4.50. The van der Waals surface area contributed by atoms with E-state index in [1.165, 1.54) is 12.6 Å². The molecule has 0 bridgehead atoms. The molecule has 6 nitrogen and oxygen atoms in total. The van der Waals surface area contributed by atoms with E-state index < -0.39 is 10.0 Å². The summed E-state index contributed by atoms with van der Waals surface area (Å²) in [6.07, 6.45) is 0.263. The Morgan fingerprint density at radius 1 is 0.966 bits per heavy atom. The number of carbonyl (C=O) groups is 1. The predicted octanol–water partition coefficient (Wildman–Crippen LogP) is 3.12. The molecular weight excluding hydrogens is 388 g/mol. The Balaban J connectivity index is 1.73. The van der Waals surface area contributed by atoms with E-state index in [4.69, 9.17) is 4.74 Å². The summed E-state index contributed by atoms with van der Waals surface area (Å²) in [5.74, 6) is 0.584. The van der Waals surface area contributed by atoms with Crippen LogP contribution < -0.4 is 14.8 Å². The SMILES string of the molecule is CNS(=O)(=O)Cc1ccc(CNC(=O)CCOc2ccc(C(C)(C)C)cc2)cc1. The van der Waals surface area contributed by atoms with Crippen LogP contribution in [-0.4, -0.2) is 28.0 Å². The maximum Gasteiger partial charge on any atom is 0.223 e. The fourth-order valence-corrected chi connectivity index (χ4v) is 3.42. The van der Waals surface area contributed by atoms with Gasteiger partial charge in [0.2, 0.25) is 15.9 Å². The standard InChI is InChI=1S/C22H30N2O4S/c1-22(2,3)19-9-11-20(12-10-19)28-14-13-21(25)24-15-17-5-7-18(8-6-17)16-29(26,27)23-4/h5-12,23H,13-16H2,1-4H3,(H,24,25). The van der Waals surface area contributed by atoms with Crippen LogP contribution in [0, 0.1) is 0 Å². The number of ether oxygens (including phenoxy) is 1. The fraction of sp³-hybridized carbons (Fsp3) is 0.409. The lowest BCUT2D eigenvalue weighted by Gasteiger charge is -2.19. The maximum absolute atomic E-state index is 12.0. The second-order valence-corrected chi connectivity index (χ2v) is 9.86. The first-order chi connectivity index (χ1) is 13.6. The highest BCUT2D eigenvalue weighted by molar-refractivity contribution is 7.88. The van der Waals surface area contributed by atoms with Gasteiger partial charge in [0.25, 0.3) is 0 Å². The summed E-state index contributed by atoms with van der Waals surface area (Å²) >= 11 is 0. The van der Waals surface area contributed by atoms with Crippen molar-refractivity contribution in [3.63, 3.8) is 0 Å². The summed E-state index contributed by atoms with van der Waals surface area (Å²) in [6.45, 7) is 7.17. The van der Waals surface area contributed by atoms with E-state index in [0.29, 0.717) is 18.7 Å². The summed E-state index contributed by atoms with van der Waals surface area (Å²) < 4.78 is 31.0. The number of amides is 1. The van der Waals surface area contributed by atoms with E-state index >= 15 is 0 Å². The second-order valence-electron chi connectivity index (χ2n) is 7.93. The average molecular weight is 419 g/mol. The molecule has 0 radical (unpaired) electrons. The van der Waals surface area contributed by atoms with Crippen LogP contribution in [0.25, 0.3) is 0 Å². The molecule has 2 aromatic rings. The number of sulfonamides is 1. The smallest absolute Gasteiger partial charge is 0.223 e. The minimum absolute atomic E-state index is 0.0653. The summed E-state index contributed by atoms with van der Waals surface area (Å²) in [5, 5.41) is 2.84. The third-order valence-corrected chi connectivity index (χ3v) is 5.83. The number of nitrogens with one attached hydrogen (secondary N) is 2. The van der Waals surface area contributed by atoms with Gasteiger partial charge in [-0.15, -0.1) is 0 Å². The molecule has 0 saturated carbocycles. The van der Waals surface area contributed by atoms with E-state index in [0.717, 1.165) is 11.3 Å².